The minimum atomic E-state index is -2.33. The lowest BCUT2D eigenvalue weighted by Gasteiger charge is -2.07. The average molecular weight is 122 g/mol. The minimum Gasteiger partial charge on any atom is -0.396 e. The van der Waals surface area contributed by atoms with Crippen molar-refractivity contribution in [3.63, 3.8) is 0 Å². The van der Waals surface area contributed by atoms with Crippen molar-refractivity contribution in [3.05, 3.63) is 0 Å². The van der Waals surface area contributed by atoms with Crippen LogP contribution in [0.15, 0.2) is 0 Å². The van der Waals surface area contributed by atoms with E-state index in [2.05, 4.69) is 0 Å². The highest BCUT2D eigenvalue weighted by Gasteiger charge is 2.50. The van der Waals surface area contributed by atoms with E-state index in [0.29, 0.717) is 12.8 Å². The van der Waals surface area contributed by atoms with Crippen LogP contribution in [0.5, 0.6) is 0 Å². The zero-order chi connectivity index (χ0) is 6.20. The Kier molecular flexibility index (Phi) is 1.23. The van der Waals surface area contributed by atoms with Crippen molar-refractivity contribution >= 4 is 0 Å². The zero-order valence-corrected chi connectivity index (χ0v) is 4.40. The predicted molar refractivity (Wildman–Crippen MR) is 24.8 cm³/mol. The first-order chi connectivity index (χ1) is 3.71. The van der Waals surface area contributed by atoms with E-state index in [1.54, 1.807) is 0 Å². The fraction of sp³-hybridized carbons (Fsp3) is 1.00. The molecule has 3 heteroatoms. The maximum absolute atomic E-state index is 11.7. The van der Waals surface area contributed by atoms with Crippen LogP contribution >= 0.6 is 0 Å². The van der Waals surface area contributed by atoms with Crippen LogP contribution in [-0.4, -0.2) is 18.1 Å². The van der Waals surface area contributed by atoms with Gasteiger partial charge < -0.3 is 5.11 Å². The van der Waals surface area contributed by atoms with Crippen LogP contribution < -0.4 is 0 Å². The van der Waals surface area contributed by atoms with E-state index in [1.807, 2.05) is 0 Å². The van der Waals surface area contributed by atoms with E-state index in [-0.39, 0.29) is 6.61 Å². The molecule has 0 saturated heterocycles. The van der Waals surface area contributed by atoms with Gasteiger partial charge in [0.1, 0.15) is 0 Å². The van der Waals surface area contributed by atoms with Crippen LogP contribution in [0, 0.1) is 5.41 Å². The van der Waals surface area contributed by atoms with Crippen LogP contribution in [0.25, 0.3) is 0 Å². The molecule has 1 N–H and O–H groups in total. The molecule has 48 valence electrons. The number of hydrogen-bond acceptors (Lipinski definition) is 1. The molecule has 1 rings (SSSR count). The zero-order valence-electron chi connectivity index (χ0n) is 4.40. The lowest BCUT2D eigenvalue weighted by molar-refractivity contribution is 0.0248. The molecule has 0 aromatic carbocycles. The van der Waals surface area contributed by atoms with E-state index in [4.69, 9.17) is 5.11 Å². The van der Waals surface area contributed by atoms with E-state index in [0.717, 1.165) is 0 Å². The highest BCUT2D eigenvalue weighted by atomic mass is 19.3. The van der Waals surface area contributed by atoms with Crippen LogP contribution in [0.4, 0.5) is 8.78 Å². The van der Waals surface area contributed by atoms with Gasteiger partial charge in [0.2, 0.25) is 6.43 Å². The maximum atomic E-state index is 11.7. The molecule has 8 heavy (non-hydrogen) atoms. The number of hydrogen-bond donors (Lipinski definition) is 1. The van der Waals surface area contributed by atoms with Crippen LogP contribution in [0.1, 0.15) is 12.8 Å². The largest absolute Gasteiger partial charge is 0.396 e. The molecule has 0 aromatic heterocycles. The summed E-state index contributed by atoms with van der Waals surface area (Å²) in [5, 5.41) is 8.35. The van der Waals surface area contributed by atoms with Crippen LogP contribution in [-0.2, 0) is 0 Å². The van der Waals surface area contributed by atoms with Crippen molar-refractivity contribution in [2.24, 2.45) is 5.41 Å². The van der Waals surface area contributed by atoms with E-state index >= 15 is 0 Å². The fourth-order valence-electron chi connectivity index (χ4n) is 0.606. The highest BCUT2D eigenvalue weighted by Crippen LogP contribution is 2.49. The summed E-state index contributed by atoms with van der Waals surface area (Å²) in [4.78, 5) is 0. The van der Waals surface area contributed by atoms with Crippen molar-refractivity contribution in [1.29, 1.82) is 0 Å². The Morgan fingerprint density at radius 2 is 2.00 bits per heavy atom. The van der Waals surface area contributed by atoms with Crippen LogP contribution in [0.2, 0.25) is 0 Å². The average Bonchev–Trinajstić information content (AvgIpc) is 2.44. The van der Waals surface area contributed by atoms with Gasteiger partial charge in [-0.2, -0.15) is 0 Å². The number of alkyl halides is 2. The Morgan fingerprint density at radius 1 is 1.50 bits per heavy atom. The summed E-state index contributed by atoms with van der Waals surface area (Å²) in [6.07, 6.45) is -1.35. The minimum absolute atomic E-state index is 0.356. The van der Waals surface area contributed by atoms with E-state index < -0.39 is 11.8 Å². The van der Waals surface area contributed by atoms with Crippen molar-refractivity contribution in [2.75, 3.05) is 6.61 Å². The van der Waals surface area contributed by atoms with Crippen molar-refractivity contribution in [1.82, 2.24) is 0 Å². The Hall–Kier alpha value is -0.180. The van der Waals surface area contributed by atoms with Crippen molar-refractivity contribution in [3.8, 4) is 0 Å². The lowest BCUT2D eigenvalue weighted by Crippen LogP contribution is -2.16. The van der Waals surface area contributed by atoms with Gasteiger partial charge in [-0.1, -0.05) is 0 Å². The first-order valence-electron chi connectivity index (χ1n) is 2.60. The molecule has 0 aliphatic heterocycles. The molecule has 1 saturated carbocycles. The summed E-state index contributed by atoms with van der Waals surface area (Å²) in [6, 6.07) is 0. The van der Waals surface area contributed by atoms with Crippen molar-refractivity contribution < 1.29 is 13.9 Å². The molecule has 0 bridgehead atoms. The molecular weight excluding hydrogens is 114 g/mol. The number of rotatable bonds is 2. The Bertz CT molecular complexity index is 88.4. The molecule has 0 atom stereocenters. The molecule has 0 aromatic rings. The molecule has 1 aliphatic rings. The molecule has 0 amide bonds. The van der Waals surface area contributed by atoms with Gasteiger partial charge >= 0.3 is 0 Å². The normalized spacial score (nSPS) is 24.0. The van der Waals surface area contributed by atoms with Gasteiger partial charge in [0.25, 0.3) is 0 Å². The number of aliphatic hydroxyl groups is 1. The van der Waals surface area contributed by atoms with E-state index in [9.17, 15) is 8.78 Å². The standard InChI is InChI=1S/C5H8F2O/c6-4(7)5(3-8)1-2-5/h4,8H,1-3H2. The Morgan fingerprint density at radius 3 is 2.00 bits per heavy atom. The number of aliphatic hydroxyl groups excluding tert-OH is 1. The molecule has 0 unspecified atom stereocenters. The lowest BCUT2D eigenvalue weighted by atomic mass is 10.1. The van der Waals surface area contributed by atoms with Gasteiger partial charge in [0, 0.05) is 0 Å². The Balaban J connectivity index is 2.41. The summed E-state index contributed by atoms with van der Waals surface area (Å²) < 4.78 is 23.4. The predicted octanol–water partition coefficient (Wildman–Crippen LogP) is 1.02. The third-order valence-electron chi connectivity index (χ3n) is 1.67. The second kappa shape index (κ2) is 1.65. The summed E-state index contributed by atoms with van der Waals surface area (Å²) in [5.41, 5.74) is -0.986. The number of halogens is 2. The monoisotopic (exact) mass is 122 g/mol. The Labute approximate surface area is 46.3 Å². The van der Waals surface area contributed by atoms with Gasteiger partial charge in [-0.25, -0.2) is 8.78 Å². The molecule has 0 radical (unpaired) electrons. The second-order valence-corrected chi connectivity index (χ2v) is 2.32. The summed E-state index contributed by atoms with van der Waals surface area (Å²) >= 11 is 0. The quantitative estimate of drug-likeness (QED) is 0.579. The molecule has 1 aliphatic carbocycles. The maximum Gasteiger partial charge on any atom is 0.246 e. The van der Waals surface area contributed by atoms with Crippen molar-refractivity contribution in [2.45, 2.75) is 19.3 Å². The molecule has 0 spiro atoms. The van der Waals surface area contributed by atoms with Gasteiger partial charge in [-0.3, -0.25) is 0 Å². The fourth-order valence-corrected chi connectivity index (χ4v) is 0.606. The smallest absolute Gasteiger partial charge is 0.246 e. The van der Waals surface area contributed by atoms with Gasteiger partial charge in [0.15, 0.2) is 0 Å². The first kappa shape index (κ1) is 5.95. The molecule has 1 fully saturated rings. The van der Waals surface area contributed by atoms with Gasteiger partial charge in [0.05, 0.1) is 12.0 Å². The topological polar surface area (TPSA) is 20.2 Å². The van der Waals surface area contributed by atoms with Gasteiger partial charge in [-0.15, -0.1) is 0 Å². The second-order valence-electron chi connectivity index (χ2n) is 2.32. The third kappa shape index (κ3) is 0.708. The highest BCUT2D eigenvalue weighted by molar-refractivity contribution is 4.94. The summed E-state index contributed by atoms with van der Waals surface area (Å²) in [6.45, 7) is -0.356. The molecule has 0 heterocycles. The summed E-state index contributed by atoms with van der Waals surface area (Å²) in [7, 11) is 0. The first-order valence-corrected chi connectivity index (χ1v) is 2.60. The van der Waals surface area contributed by atoms with E-state index in [1.165, 1.54) is 0 Å². The van der Waals surface area contributed by atoms with Crippen LogP contribution in [0.3, 0.4) is 0 Å². The molecular formula is C5H8F2O. The SMILES string of the molecule is OCC1(C(F)F)CC1. The summed E-state index contributed by atoms with van der Waals surface area (Å²) in [5.74, 6) is 0. The van der Waals surface area contributed by atoms with Gasteiger partial charge in [-0.05, 0) is 12.8 Å². The third-order valence-corrected chi connectivity index (χ3v) is 1.67. The molecule has 1 nitrogen and oxygen atoms in total.